The van der Waals surface area contributed by atoms with E-state index in [1.807, 2.05) is 0 Å². The maximum atomic E-state index is 12.3. The van der Waals surface area contributed by atoms with E-state index in [2.05, 4.69) is 11.4 Å². The van der Waals surface area contributed by atoms with E-state index in [-0.39, 0.29) is 11.8 Å². The number of halogens is 1. The number of hydrogen-bond acceptors (Lipinski definition) is 2. The number of fused-ring (bicyclic) bond motifs is 2. The van der Waals surface area contributed by atoms with Crippen molar-refractivity contribution in [3.63, 3.8) is 0 Å². The SMILES string of the molecule is N#Cc1ccc(Cl)c(NC(=O)C2CC3CCC2C3)c1. The van der Waals surface area contributed by atoms with E-state index in [4.69, 9.17) is 16.9 Å². The summed E-state index contributed by atoms with van der Waals surface area (Å²) in [5, 5.41) is 12.3. The molecular weight excluding hydrogens is 260 g/mol. The van der Waals surface area contributed by atoms with Crippen molar-refractivity contribution in [2.75, 3.05) is 5.32 Å². The Hall–Kier alpha value is -1.53. The van der Waals surface area contributed by atoms with Crippen LogP contribution in [-0.2, 0) is 4.79 Å². The smallest absolute Gasteiger partial charge is 0.227 e. The fourth-order valence-electron chi connectivity index (χ4n) is 3.48. The monoisotopic (exact) mass is 274 g/mol. The number of rotatable bonds is 2. The van der Waals surface area contributed by atoms with Crippen LogP contribution in [0.1, 0.15) is 31.2 Å². The molecule has 0 spiro atoms. The maximum absolute atomic E-state index is 12.3. The molecule has 0 aliphatic heterocycles. The fourth-order valence-corrected chi connectivity index (χ4v) is 3.65. The number of amides is 1. The average Bonchev–Trinajstić information content (AvgIpc) is 3.03. The zero-order valence-corrected chi connectivity index (χ0v) is 11.3. The first-order valence-corrected chi connectivity index (χ1v) is 7.05. The van der Waals surface area contributed by atoms with Gasteiger partial charge in [0.2, 0.25) is 5.91 Å². The average molecular weight is 275 g/mol. The van der Waals surface area contributed by atoms with Crippen molar-refractivity contribution in [2.45, 2.75) is 25.7 Å². The number of nitriles is 1. The molecular formula is C15H15ClN2O. The van der Waals surface area contributed by atoms with Crippen molar-refractivity contribution in [1.82, 2.24) is 0 Å². The second-order valence-electron chi connectivity index (χ2n) is 5.58. The van der Waals surface area contributed by atoms with Gasteiger partial charge in [0.05, 0.1) is 22.3 Å². The summed E-state index contributed by atoms with van der Waals surface area (Å²) in [6, 6.07) is 6.98. The molecule has 0 aromatic heterocycles. The van der Waals surface area contributed by atoms with Crippen LogP contribution in [-0.4, -0.2) is 5.91 Å². The molecule has 0 radical (unpaired) electrons. The normalized spacial score (nSPS) is 28.1. The minimum atomic E-state index is 0.0594. The van der Waals surface area contributed by atoms with Gasteiger partial charge in [0.15, 0.2) is 0 Å². The van der Waals surface area contributed by atoms with Crippen LogP contribution < -0.4 is 5.32 Å². The topological polar surface area (TPSA) is 52.9 Å². The molecule has 0 saturated heterocycles. The number of carbonyl (C=O) groups is 1. The lowest BCUT2D eigenvalue weighted by Crippen LogP contribution is -2.27. The van der Waals surface area contributed by atoms with Crippen LogP contribution in [0.15, 0.2) is 18.2 Å². The molecule has 1 aromatic carbocycles. The summed E-state index contributed by atoms with van der Waals surface area (Å²) >= 11 is 6.06. The van der Waals surface area contributed by atoms with Crippen LogP contribution in [0.3, 0.4) is 0 Å². The third kappa shape index (κ3) is 2.33. The van der Waals surface area contributed by atoms with Crippen molar-refractivity contribution in [2.24, 2.45) is 17.8 Å². The van der Waals surface area contributed by atoms with Gasteiger partial charge in [-0.05, 0) is 49.3 Å². The summed E-state index contributed by atoms with van der Waals surface area (Å²) < 4.78 is 0. The Morgan fingerprint density at radius 2 is 2.21 bits per heavy atom. The second kappa shape index (κ2) is 4.86. The number of carbonyl (C=O) groups excluding carboxylic acids is 1. The first kappa shape index (κ1) is 12.5. The standard InChI is InChI=1S/C15H15ClN2O/c16-13-4-2-10(8-17)7-14(13)18-15(19)12-6-9-1-3-11(12)5-9/h2,4,7,9,11-12H,1,3,5-6H2,(H,18,19). The van der Waals surface area contributed by atoms with E-state index >= 15 is 0 Å². The van der Waals surface area contributed by atoms with E-state index < -0.39 is 0 Å². The fraction of sp³-hybridized carbons (Fsp3) is 0.467. The van der Waals surface area contributed by atoms with E-state index in [9.17, 15) is 4.79 Å². The lowest BCUT2D eigenvalue weighted by Gasteiger charge is -2.21. The lowest BCUT2D eigenvalue weighted by molar-refractivity contribution is -0.121. The molecule has 2 bridgehead atoms. The molecule has 1 N–H and O–H groups in total. The molecule has 0 heterocycles. The van der Waals surface area contributed by atoms with Crippen molar-refractivity contribution in [1.29, 1.82) is 5.26 Å². The van der Waals surface area contributed by atoms with Crippen LogP contribution in [0.25, 0.3) is 0 Å². The molecule has 3 rings (SSSR count). The highest BCUT2D eigenvalue weighted by molar-refractivity contribution is 6.33. The minimum absolute atomic E-state index is 0.0594. The van der Waals surface area contributed by atoms with Gasteiger partial charge in [-0.15, -0.1) is 0 Å². The lowest BCUT2D eigenvalue weighted by atomic mass is 9.88. The zero-order chi connectivity index (χ0) is 13.4. The van der Waals surface area contributed by atoms with Crippen molar-refractivity contribution in [3.05, 3.63) is 28.8 Å². The Morgan fingerprint density at radius 1 is 1.37 bits per heavy atom. The van der Waals surface area contributed by atoms with Gasteiger partial charge in [-0.1, -0.05) is 18.0 Å². The Morgan fingerprint density at radius 3 is 2.84 bits per heavy atom. The predicted molar refractivity (Wildman–Crippen MR) is 73.7 cm³/mol. The van der Waals surface area contributed by atoms with Crippen molar-refractivity contribution < 1.29 is 4.79 Å². The molecule has 19 heavy (non-hydrogen) atoms. The van der Waals surface area contributed by atoms with E-state index in [1.54, 1.807) is 18.2 Å². The molecule has 2 aliphatic rings. The van der Waals surface area contributed by atoms with E-state index in [1.165, 1.54) is 19.3 Å². The van der Waals surface area contributed by atoms with Gasteiger partial charge in [-0.3, -0.25) is 4.79 Å². The van der Waals surface area contributed by atoms with Gasteiger partial charge in [0, 0.05) is 5.92 Å². The van der Waals surface area contributed by atoms with Crippen LogP contribution >= 0.6 is 11.6 Å². The van der Waals surface area contributed by atoms with Crippen LogP contribution in [0.2, 0.25) is 5.02 Å². The summed E-state index contributed by atoms with van der Waals surface area (Å²) in [4.78, 5) is 12.3. The number of hydrogen-bond donors (Lipinski definition) is 1. The van der Waals surface area contributed by atoms with Crippen molar-refractivity contribution in [3.8, 4) is 6.07 Å². The first-order valence-electron chi connectivity index (χ1n) is 6.68. The number of anilines is 1. The molecule has 1 amide bonds. The van der Waals surface area contributed by atoms with Gasteiger partial charge < -0.3 is 5.32 Å². The molecule has 3 nitrogen and oxygen atoms in total. The summed E-state index contributed by atoms with van der Waals surface area (Å²) in [7, 11) is 0. The summed E-state index contributed by atoms with van der Waals surface area (Å²) in [5.41, 5.74) is 1.06. The molecule has 3 unspecified atom stereocenters. The summed E-state index contributed by atoms with van der Waals surface area (Å²) in [6.07, 6.45) is 4.66. The van der Waals surface area contributed by atoms with Gasteiger partial charge in [-0.2, -0.15) is 5.26 Å². The largest absolute Gasteiger partial charge is 0.324 e. The van der Waals surface area contributed by atoms with Gasteiger partial charge >= 0.3 is 0 Å². The number of nitrogens with zero attached hydrogens (tertiary/aromatic N) is 1. The Balaban J connectivity index is 1.75. The molecule has 4 heteroatoms. The highest BCUT2D eigenvalue weighted by Gasteiger charge is 2.43. The van der Waals surface area contributed by atoms with Crippen LogP contribution in [0, 0.1) is 29.1 Å². The third-order valence-electron chi connectivity index (χ3n) is 4.43. The zero-order valence-electron chi connectivity index (χ0n) is 10.5. The van der Waals surface area contributed by atoms with Gasteiger partial charge in [-0.25, -0.2) is 0 Å². The first-order chi connectivity index (χ1) is 9.17. The Labute approximate surface area is 117 Å². The summed E-state index contributed by atoms with van der Waals surface area (Å²) in [5.74, 6) is 1.47. The molecule has 2 saturated carbocycles. The molecule has 1 aromatic rings. The molecule has 2 fully saturated rings. The highest BCUT2D eigenvalue weighted by atomic mass is 35.5. The van der Waals surface area contributed by atoms with Crippen LogP contribution in [0.4, 0.5) is 5.69 Å². The third-order valence-corrected chi connectivity index (χ3v) is 4.76. The molecule has 98 valence electrons. The van der Waals surface area contributed by atoms with Crippen molar-refractivity contribution >= 4 is 23.2 Å². The Bertz CT molecular complexity index is 564. The quantitative estimate of drug-likeness (QED) is 0.896. The van der Waals surface area contributed by atoms with Crippen LogP contribution in [0.5, 0.6) is 0 Å². The summed E-state index contributed by atoms with van der Waals surface area (Å²) in [6.45, 7) is 0. The van der Waals surface area contributed by atoms with E-state index in [0.717, 1.165) is 12.3 Å². The van der Waals surface area contributed by atoms with Gasteiger partial charge in [0.1, 0.15) is 0 Å². The predicted octanol–water partition coefficient (Wildman–Crippen LogP) is 3.59. The van der Waals surface area contributed by atoms with E-state index in [0.29, 0.717) is 22.2 Å². The Kier molecular flexibility index (Phi) is 3.20. The minimum Gasteiger partial charge on any atom is -0.324 e. The second-order valence-corrected chi connectivity index (χ2v) is 5.98. The highest BCUT2D eigenvalue weighted by Crippen LogP contribution is 2.48. The molecule has 2 aliphatic carbocycles. The maximum Gasteiger partial charge on any atom is 0.227 e. The number of benzene rings is 1. The van der Waals surface area contributed by atoms with Gasteiger partial charge in [0.25, 0.3) is 0 Å². The molecule has 3 atom stereocenters. The number of nitrogens with one attached hydrogen (secondary N) is 1.